The fourth-order valence-corrected chi connectivity index (χ4v) is 4.02. The molecule has 1 aromatic heterocycles. The van der Waals surface area contributed by atoms with Crippen LogP contribution in [0.15, 0.2) is 12.4 Å². The van der Waals surface area contributed by atoms with Crippen molar-refractivity contribution in [2.24, 2.45) is 0 Å². The lowest BCUT2D eigenvalue weighted by molar-refractivity contribution is -0.121. The van der Waals surface area contributed by atoms with E-state index in [0.717, 1.165) is 25.3 Å². The van der Waals surface area contributed by atoms with Crippen molar-refractivity contribution in [3.63, 3.8) is 0 Å². The first kappa shape index (κ1) is 14.6. The Hall–Kier alpha value is -1.36. The van der Waals surface area contributed by atoms with Crippen LogP contribution in [0.1, 0.15) is 44.3 Å². The van der Waals surface area contributed by atoms with Crippen molar-refractivity contribution in [2.45, 2.75) is 57.5 Å². The van der Waals surface area contributed by atoms with Crippen LogP contribution in [0.25, 0.3) is 0 Å². The molecule has 5 nitrogen and oxygen atoms in total. The molecular weight excluding hydrogens is 264 g/mol. The SMILES string of the molecule is Cc1nccn1CCC(=O)NCCC12CCCN1CCC2. The molecule has 116 valence electrons. The van der Waals surface area contributed by atoms with E-state index in [1.807, 2.05) is 17.7 Å². The molecule has 0 spiro atoms. The number of carbonyl (C=O) groups is 1. The summed E-state index contributed by atoms with van der Waals surface area (Å²) in [5.74, 6) is 1.12. The first-order valence-electron chi connectivity index (χ1n) is 8.19. The molecule has 5 heteroatoms. The van der Waals surface area contributed by atoms with Gasteiger partial charge in [0, 0.05) is 37.4 Å². The number of rotatable bonds is 6. The molecular formula is C16H26N4O. The Morgan fingerprint density at radius 2 is 2.14 bits per heavy atom. The largest absolute Gasteiger partial charge is 0.356 e. The number of nitrogens with one attached hydrogen (secondary N) is 1. The molecule has 0 bridgehead atoms. The number of amides is 1. The summed E-state index contributed by atoms with van der Waals surface area (Å²) in [7, 11) is 0. The van der Waals surface area contributed by atoms with Crippen LogP contribution in [-0.4, -0.2) is 45.5 Å². The Bertz CT molecular complexity index is 486. The van der Waals surface area contributed by atoms with Gasteiger partial charge in [-0.2, -0.15) is 0 Å². The fraction of sp³-hybridized carbons (Fsp3) is 0.750. The first-order valence-corrected chi connectivity index (χ1v) is 8.19. The van der Waals surface area contributed by atoms with Gasteiger partial charge in [-0.05, 0) is 52.1 Å². The lowest BCUT2D eigenvalue weighted by Gasteiger charge is -2.32. The van der Waals surface area contributed by atoms with Crippen molar-refractivity contribution in [1.82, 2.24) is 19.8 Å². The summed E-state index contributed by atoms with van der Waals surface area (Å²) < 4.78 is 2.02. The Morgan fingerprint density at radius 1 is 1.38 bits per heavy atom. The Labute approximate surface area is 126 Å². The molecule has 0 aromatic carbocycles. The average molecular weight is 290 g/mol. The monoisotopic (exact) mass is 290 g/mol. The molecule has 0 saturated carbocycles. The van der Waals surface area contributed by atoms with E-state index in [2.05, 4.69) is 15.2 Å². The average Bonchev–Trinajstić information content (AvgIpc) is 3.12. The number of aromatic nitrogens is 2. The van der Waals surface area contributed by atoms with Gasteiger partial charge in [0.2, 0.25) is 5.91 Å². The van der Waals surface area contributed by atoms with E-state index in [0.29, 0.717) is 12.0 Å². The zero-order valence-corrected chi connectivity index (χ0v) is 13.0. The summed E-state index contributed by atoms with van der Waals surface area (Å²) in [4.78, 5) is 18.8. The highest BCUT2D eigenvalue weighted by atomic mass is 16.1. The third-order valence-electron chi connectivity index (χ3n) is 5.23. The minimum Gasteiger partial charge on any atom is -0.356 e. The van der Waals surface area contributed by atoms with Crippen LogP contribution in [0, 0.1) is 6.92 Å². The lowest BCUT2D eigenvalue weighted by atomic mass is 9.90. The van der Waals surface area contributed by atoms with E-state index in [1.165, 1.54) is 38.8 Å². The van der Waals surface area contributed by atoms with Crippen molar-refractivity contribution < 1.29 is 4.79 Å². The number of fused-ring (bicyclic) bond motifs is 1. The molecule has 3 rings (SSSR count). The smallest absolute Gasteiger partial charge is 0.221 e. The van der Waals surface area contributed by atoms with Crippen LogP contribution in [0.3, 0.4) is 0 Å². The van der Waals surface area contributed by atoms with Crippen LogP contribution < -0.4 is 5.32 Å². The summed E-state index contributed by atoms with van der Waals surface area (Å²) in [5.41, 5.74) is 0.411. The number of imidazole rings is 1. The van der Waals surface area contributed by atoms with Gasteiger partial charge in [-0.15, -0.1) is 0 Å². The molecule has 0 unspecified atom stereocenters. The van der Waals surface area contributed by atoms with Crippen molar-refractivity contribution >= 4 is 5.91 Å². The molecule has 1 amide bonds. The summed E-state index contributed by atoms with van der Waals surface area (Å²) in [6.45, 7) is 6.01. The van der Waals surface area contributed by atoms with Crippen molar-refractivity contribution in [3.05, 3.63) is 18.2 Å². The molecule has 2 aliphatic heterocycles. The van der Waals surface area contributed by atoms with Gasteiger partial charge in [0.1, 0.15) is 5.82 Å². The predicted octanol–water partition coefficient (Wildman–Crippen LogP) is 1.72. The van der Waals surface area contributed by atoms with E-state index in [-0.39, 0.29) is 5.91 Å². The number of hydrogen-bond acceptors (Lipinski definition) is 3. The summed E-state index contributed by atoms with van der Waals surface area (Å²) in [5, 5.41) is 3.10. The highest BCUT2D eigenvalue weighted by Gasteiger charge is 2.43. The second kappa shape index (κ2) is 6.18. The van der Waals surface area contributed by atoms with Crippen LogP contribution >= 0.6 is 0 Å². The van der Waals surface area contributed by atoms with Gasteiger partial charge in [-0.25, -0.2) is 4.98 Å². The second-order valence-corrected chi connectivity index (χ2v) is 6.44. The van der Waals surface area contributed by atoms with Gasteiger partial charge in [-0.3, -0.25) is 9.69 Å². The Kier molecular flexibility index (Phi) is 4.29. The van der Waals surface area contributed by atoms with E-state index < -0.39 is 0 Å². The molecule has 2 fully saturated rings. The maximum atomic E-state index is 12.0. The van der Waals surface area contributed by atoms with Crippen LogP contribution in [-0.2, 0) is 11.3 Å². The molecule has 3 heterocycles. The zero-order valence-electron chi connectivity index (χ0n) is 13.0. The van der Waals surface area contributed by atoms with Gasteiger partial charge in [0.25, 0.3) is 0 Å². The summed E-state index contributed by atoms with van der Waals surface area (Å²) in [6, 6.07) is 0. The van der Waals surface area contributed by atoms with Gasteiger partial charge >= 0.3 is 0 Å². The molecule has 1 aromatic rings. The number of nitrogens with zero attached hydrogens (tertiary/aromatic N) is 3. The van der Waals surface area contributed by atoms with Crippen LogP contribution in [0.4, 0.5) is 0 Å². The maximum Gasteiger partial charge on any atom is 0.221 e. The normalized spacial score (nSPS) is 20.6. The molecule has 2 aliphatic rings. The van der Waals surface area contributed by atoms with E-state index >= 15 is 0 Å². The third kappa shape index (κ3) is 3.12. The molecule has 0 aliphatic carbocycles. The van der Waals surface area contributed by atoms with Crippen LogP contribution in [0.2, 0.25) is 0 Å². The standard InChI is InChI=1S/C16H26N4O/c1-14-17-9-13-19(14)12-4-15(21)18-8-7-16-5-2-10-20(16)11-3-6-16/h9,13H,2-8,10-12H2,1H3,(H,18,21). The first-order chi connectivity index (χ1) is 10.2. The summed E-state index contributed by atoms with van der Waals surface area (Å²) in [6.07, 6.45) is 10.6. The van der Waals surface area contributed by atoms with E-state index in [1.54, 1.807) is 6.20 Å². The van der Waals surface area contributed by atoms with Crippen LogP contribution in [0.5, 0.6) is 0 Å². The Morgan fingerprint density at radius 3 is 2.81 bits per heavy atom. The summed E-state index contributed by atoms with van der Waals surface area (Å²) >= 11 is 0. The quantitative estimate of drug-likeness (QED) is 0.868. The second-order valence-electron chi connectivity index (χ2n) is 6.44. The van der Waals surface area contributed by atoms with Gasteiger partial charge in [0.15, 0.2) is 0 Å². The van der Waals surface area contributed by atoms with E-state index in [9.17, 15) is 4.79 Å². The maximum absolute atomic E-state index is 12.0. The topological polar surface area (TPSA) is 50.2 Å². The predicted molar refractivity (Wildman–Crippen MR) is 82.0 cm³/mol. The van der Waals surface area contributed by atoms with Gasteiger partial charge in [-0.1, -0.05) is 0 Å². The molecule has 1 N–H and O–H groups in total. The van der Waals surface area contributed by atoms with Crippen molar-refractivity contribution in [2.75, 3.05) is 19.6 Å². The van der Waals surface area contributed by atoms with Crippen molar-refractivity contribution in [3.8, 4) is 0 Å². The third-order valence-corrected chi connectivity index (χ3v) is 5.23. The number of carbonyl (C=O) groups excluding carboxylic acids is 1. The Balaban J connectivity index is 1.39. The number of hydrogen-bond donors (Lipinski definition) is 1. The lowest BCUT2D eigenvalue weighted by Crippen LogP contribution is -2.41. The molecule has 21 heavy (non-hydrogen) atoms. The minimum atomic E-state index is 0.155. The molecule has 0 radical (unpaired) electrons. The highest BCUT2D eigenvalue weighted by Crippen LogP contribution is 2.40. The van der Waals surface area contributed by atoms with Crippen molar-refractivity contribution in [1.29, 1.82) is 0 Å². The molecule has 0 atom stereocenters. The minimum absolute atomic E-state index is 0.155. The van der Waals surface area contributed by atoms with Gasteiger partial charge < -0.3 is 9.88 Å². The molecule has 2 saturated heterocycles. The zero-order chi connectivity index (χ0) is 14.7. The van der Waals surface area contributed by atoms with E-state index in [4.69, 9.17) is 0 Å². The fourth-order valence-electron chi connectivity index (χ4n) is 4.02. The number of aryl methyl sites for hydroxylation is 2. The van der Waals surface area contributed by atoms with Gasteiger partial charge in [0.05, 0.1) is 0 Å². The highest BCUT2D eigenvalue weighted by molar-refractivity contribution is 5.75.